The maximum atomic E-state index is 13.8. The Morgan fingerprint density at radius 1 is 0.722 bits per heavy atom. The number of carbonyl (C=O) groups is 1. The van der Waals surface area contributed by atoms with Gasteiger partial charge in [-0.3, -0.25) is 4.79 Å². The van der Waals surface area contributed by atoms with Crippen LogP contribution in [0, 0.1) is 17.5 Å². The molecule has 0 aliphatic heterocycles. The summed E-state index contributed by atoms with van der Waals surface area (Å²) in [5, 5.41) is 20.2. The molecule has 8 heteroatoms. The summed E-state index contributed by atoms with van der Waals surface area (Å²) in [7, 11) is 0. The van der Waals surface area contributed by atoms with Gasteiger partial charge in [-0.25, -0.2) is 18.7 Å². The monoisotopic (exact) mass is 494 g/mol. The first-order chi connectivity index (χ1) is 17.4. The van der Waals surface area contributed by atoms with E-state index in [2.05, 4.69) is 10.8 Å². The molecule has 0 aliphatic carbocycles. The lowest BCUT2D eigenvalue weighted by atomic mass is 9.95. The second-order valence-corrected chi connectivity index (χ2v) is 7.74. The van der Waals surface area contributed by atoms with Gasteiger partial charge in [0, 0.05) is 30.3 Å². The van der Waals surface area contributed by atoms with E-state index >= 15 is 0 Å². The minimum Gasteiger partial charge on any atom is -0.392 e. The van der Waals surface area contributed by atoms with E-state index in [-0.39, 0.29) is 37.0 Å². The summed E-state index contributed by atoms with van der Waals surface area (Å²) in [6.07, 6.45) is 0. The number of hydrogen-bond acceptors (Lipinski definition) is 4. The topological polar surface area (TPSA) is 81.6 Å². The summed E-state index contributed by atoms with van der Waals surface area (Å²) in [6, 6.07) is 23.4. The van der Waals surface area contributed by atoms with Gasteiger partial charge in [0.25, 0.3) is 5.91 Å². The summed E-state index contributed by atoms with van der Waals surface area (Å²) in [5.74, 6) is -2.02. The summed E-state index contributed by atoms with van der Waals surface area (Å²) >= 11 is 0. The van der Waals surface area contributed by atoms with E-state index < -0.39 is 11.6 Å². The number of aliphatic hydroxyl groups is 1. The van der Waals surface area contributed by atoms with Crippen molar-refractivity contribution in [2.45, 2.75) is 19.7 Å². The van der Waals surface area contributed by atoms with Gasteiger partial charge >= 0.3 is 0 Å². The highest BCUT2D eigenvalue weighted by Crippen LogP contribution is 2.27. The minimum absolute atomic E-state index is 0.0275. The van der Waals surface area contributed by atoms with E-state index in [0.29, 0.717) is 11.1 Å². The average Bonchev–Trinajstić information content (AvgIpc) is 2.89. The SMILES string of the molecule is O=C(NCc1ccc(F)cc1F)c1ccccc1-c1ccccc1CNO.OCc1ccc(F)cc1. The molecule has 36 heavy (non-hydrogen) atoms. The molecule has 0 heterocycles. The smallest absolute Gasteiger partial charge is 0.252 e. The van der Waals surface area contributed by atoms with E-state index in [1.807, 2.05) is 36.4 Å². The first-order valence-electron chi connectivity index (χ1n) is 11.0. The summed E-state index contributed by atoms with van der Waals surface area (Å²) < 4.78 is 38.9. The fourth-order valence-electron chi connectivity index (χ4n) is 3.46. The predicted octanol–water partition coefficient (Wildman–Crippen LogP) is 5.36. The first-order valence-corrected chi connectivity index (χ1v) is 11.0. The lowest BCUT2D eigenvalue weighted by molar-refractivity contribution is 0.0951. The fraction of sp³-hybridized carbons (Fsp3) is 0.107. The van der Waals surface area contributed by atoms with Gasteiger partial charge in [0.05, 0.1) is 6.61 Å². The molecular weight excluding hydrogens is 469 g/mol. The number of hydroxylamine groups is 1. The van der Waals surface area contributed by atoms with Crippen LogP contribution < -0.4 is 10.8 Å². The summed E-state index contributed by atoms with van der Waals surface area (Å²) in [4.78, 5) is 12.7. The molecule has 5 nitrogen and oxygen atoms in total. The summed E-state index contributed by atoms with van der Waals surface area (Å²) in [6.45, 7) is 0.145. The zero-order chi connectivity index (χ0) is 25.9. The van der Waals surface area contributed by atoms with Crippen LogP contribution >= 0.6 is 0 Å². The van der Waals surface area contributed by atoms with E-state index in [1.165, 1.54) is 18.2 Å². The van der Waals surface area contributed by atoms with Crippen molar-refractivity contribution in [1.82, 2.24) is 10.8 Å². The Morgan fingerprint density at radius 2 is 1.36 bits per heavy atom. The van der Waals surface area contributed by atoms with Crippen LogP contribution in [0.25, 0.3) is 11.1 Å². The number of aliphatic hydroxyl groups excluding tert-OH is 1. The fourth-order valence-corrected chi connectivity index (χ4v) is 3.46. The highest BCUT2D eigenvalue weighted by Gasteiger charge is 2.15. The van der Waals surface area contributed by atoms with Crippen molar-refractivity contribution < 1.29 is 28.3 Å². The van der Waals surface area contributed by atoms with Crippen molar-refractivity contribution in [3.63, 3.8) is 0 Å². The molecule has 4 rings (SSSR count). The molecular formula is C28H25F3N2O3. The molecule has 4 aromatic carbocycles. The first kappa shape index (κ1) is 26.6. The van der Waals surface area contributed by atoms with Crippen molar-refractivity contribution in [1.29, 1.82) is 0 Å². The van der Waals surface area contributed by atoms with Crippen LogP contribution in [0.2, 0.25) is 0 Å². The molecule has 186 valence electrons. The molecule has 0 spiro atoms. The van der Waals surface area contributed by atoms with Crippen molar-refractivity contribution >= 4 is 5.91 Å². The standard InChI is InChI=1S/C21H18F2N2O2.C7H7FO/c22-16-10-9-15(20(23)11-16)12-24-21(26)19-8-4-3-7-18(19)17-6-2-1-5-14(17)13-25-27;8-7-3-1-6(5-9)2-4-7/h1-11,25,27H,12-13H2,(H,24,26);1-4,9H,5H2. The number of hydrogen-bond donors (Lipinski definition) is 4. The Bertz CT molecular complexity index is 1300. The molecule has 1 amide bonds. The van der Waals surface area contributed by atoms with Crippen LogP contribution in [-0.2, 0) is 19.7 Å². The van der Waals surface area contributed by atoms with Gasteiger partial charge in [0.1, 0.15) is 17.5 Å². The molecule has 0 aromatic heterocycles. The normalized spacial score (nSPS) is 10.4. The quantitative estimate of drug-likeness (QED) is 0.261. The van der Waals surface area contributed by atoms with Crippen LogP contribution in [0.15, 0.2) is 91.0 Å². The van der Waals surface area contributed by atoms with E-state index in [9.17, 15) is 18.0 Å². The third kappa shape index (κ3) is 7.26. The second-order valence-electron chi connectivity index (χ2n) is 7.74. The number of benzene rings is 4. The zero-order valence-corrected chi connectivity index (χ0v) is 19.2. The van der Waals surface area contributed by atoms with Gasteiger partial charge in [-0.15, -0.1) is 0 Å². The van der Waals surface area contributed by atoms with Crippen LogP contribution in [-0.4, -0.2) is 16.2 Å². The lowest BCUT2D eigenvalue weighted by Gasteiger charge is -2.14. The highest BCUT2D eigenvalue weighted by molar-refractivity contribution is 6.01. The van der Waals surface area contributed by atoms with E-state index in [1.54, 1.807) is 24.3 Å². The van der Waals surface area contributed by atoms with Crippen molar-refractivity contribution in [3.8, 4) is 11.1 Å². The highest BCUT2D eigenvalue weighted by atomic mass is 19.1. The van der Waals surface area contributed by atoms with Gasteiger partial charge < -0.3 is 15.6 Å². The van der Waals surface area contributed by atoms with Gasteiger partial charge in [0.15, 0.2) is 0 Å². The van der Waals surface area contributed by atoms with Crippen LogP contribution in [0.3, 0.4) is 0 Å². The average molecular weight is 495 g/mol. The molecule has 0 saturated carbocycles. The van der Waals surface area contributed by atoms with Gasteiger partial charge in [0.2, 0.25) is 0 Å². The summed E-state index contributed by atoms with van der Waals surface area (Å²) in [5.41, 5.74) is 5.81. The van der Waals surface area contributed by atoms with E-state index in [4.69, 9.17) is 10.3 Å². The number of halogens is 3. The van der Waals surface area contributed by atoms with E-state index in [0.717, 1.165) is 28.8 Å². The van der Waals surface area contributed by atoms with Gasteiger partial charge in [-0.1, -0.05) is 60.7 Å². The number of nitrogens with one attached hydrogen (secondary N) is 2. The van der Waals surface area contributed by atoms with Crippen LogP contribution in [0.1, 0.15) is 27.0 Å². The molecule has 0 atom stereocenters. The third-order valence-electron chi connectivity index (χ3n) is 5.30. The Morgan fingerprint density at radius 3 is 2.03 bits per heavy atom. The van der Waals surface area contributed by atoms with Crippen molar-refractivity contribution in [3.05, 3.63) is 131 Å². The number of rotatable bonds is 7. The predicted molar refractivity (Wildman–Crippen MR) is 130 cm³/mol. The van der Waals surface area contributed by atoms with Gasteiger partial charge in [-0.05, 0) is 46.5 Å². The van der Waals surface area contributed by atoms with Crippen LogP contribution in [0.5, 0.6) is 0 Å². The molecule has 4 N–H and O–H groups in total. The lowest BCUT2D eigenvalue weighted by Crippen LogP contribution is -2.24. The van der Waals surface area contributed by atoms with Crippen molar-refractivity contribution in [2.24, 2.45) is 0 Å². The van der Waals surface area contributed by atoms with Gasteiger partial charge in [-0.2, -0.15) is 0 Å². The Kier molecular flexibility index (Phi) is 9.76. The minimum atomic E-state index is -0.706. The molecule has 0 radical (unpaired) electrons. The molecule has 0 aliphatic rings. The molecule has 0 bridgehead atoms. The maximum Gasteiger partial charge on any atom is 0.252 e. The zero-order valence-electron chi connectivity index (χ0n) is 19.2. The molecule has 0 saturated heterocycles. The molecule has 0 unspecified atom stereocenters. The van der Waals surface area contributed by atoms with Crippen LogP contribution in [0.4, 0.5) is 13.2 Å². The second kappa shape index (κ2) is 13.2. The third-order valence-corrected chi connectivity index (χ3v) is 5.30. The molecule has 4 aromatic rings. The Hall–Kier alpha value is -3.98. The Balaban J connectivity index is 0.000000338. The van der Waals surface area contributed by atoms with Crippen molar-refractivity contribution in [2.75, 3.05) is 0 Å². The molecule has 0 fully saturated rings. The largest absolute Gasteiger partial charge is 0.392 e. The number of carbonyl (C=O) groups excluding carboxylic acids is 1. The number of amides is 1. The maximum absolute atomic E-state index is 13.8. The Labute approximate surface area is 206 Å².